The van der Waals surface area contributed by atoms with Crippen LogP contribution in [0.4, 0.5) is 4.79 Å². The fourth-order valence-corrected chi connectivity index (χ4v) is 3.91. The molecule has 2 heterocycles. The third-order valence-corrected chi connectivity index (χ3v) is 5.05. The summed E-state index contributed by atoms with van der Waals surface area (Å²) in [6.45, 7) is 7.62. The highest BCUT2D eigenvalue weighted by atomic mass is 16.4. The van der Waals surface area contributed by atoms with Gasteiger partial charge in [0, 0.05) is 31.4 Å². The summed E-state index contributed by atoms with van der Waals surface area (Å²) in [6, 6.07) is 14.3. The topological polar surface area (TPSA) is 45.5 Å². The third kappa shape index (κ3) is 2.42. The van der Waals surface area contributed by atoms with Crippen molar-refractivity contribution in [1.82, 2.24) is 9.47 Å². The van der Waals surface area contributed by atoms with Crippen molar-refractivity contribution in [1.29, 1.82) is 0 Å². The number of nitrogens with zero attached hydrogens (tertiary/aromatic N) is 2. The van der Waals surface area contributed by atoms with E-state index in [0.29, 0.717) is 19.5 Å². The maximum atomic E-state index is 12.1. The SMILES string of the molecule is CC(C)(C)C1(Cc2ccccc2)c2cccn2CCN1C(=O)O. The Morgan fingerprint density at radius 1 is 1.13 bits per heavy atom. The van der Waals surface area contributed by atoms with Crippen molar-refractivity contribution in [2.24, 2.45) is 5.41 Å². The molecule has 122 valence electrons. The second-order valence-corrected chi connectivity index (χ2v) is 7.29. The molecule has 0 aliphatic carbocycles. The van der Waals surface area contributed by atoms with Crippen LogP contribution in [0.15, 0.2) is 48.7 Å². The zero-order valence-corrected chi connectivity index (χ0v) is 14.0. The van der Waals surface area contributed by atoms with Crippen LogP contribution in [0.5, 0.6) is 0 Å². The van der Waals surface area contributed by atoms with E-state index in [4.69, 9.17) is 0 Å². The summed E-state index contributed by atoms with van der Waals surface area (Å²) < 4.78 is 2.20. The first-order valence-corrected chi connectivity index (χ1v) is 8.06. The van der Waals surface area contributed by atoms with Crippen LogP contribution in [0.25, 0.3) is 0 Å². The van der Waals surface area contributed by atoms with Crippen LogP contribution in [0.3, 0.4) is 0 Å². The Labute approximate surface area is 137 Å². The molecule has 23 heavy (non-hydrogen) atoms. The lowest BCUT2D eigenvalue weighted by Crippen LogP contribution is -2.61. The van der Waals surface area contributed by atoms with Gasteiger partial charge in [-0.1, -0.05) is 51.1 Å². The second-order valence-electron chi connectivity index (χ2n) is 7.29. The van der Waals surface area contributed by atoms with Crippen molar-refractivity contribution < 1.29 is 9.90 Å². The summed E-state index contributed by atoms with van der Waals surface area (Å²) in [7, 11) is 0. The molecule has 1 amide bonds. The van der Waals surface area contributed by atoms with Gasteiger partial charge in [-0.3, -0.25) is 4.90 Å². The number of hydrogen-bond acceptors (Lipinski definition) is 1. The maximum Gasteiger partial charge on any atom is 0.408 e. The van der Waals surface area contributed by atoms with Gasteiger partial charge in [0.05, 0.1) is 5.54 Å². The summed E-state index contributed by atoms with van der Waals surface area (Å²) in [5.74, 6) is 0. The van der Waals surface area contributed by atoms with Gasteiger partial charge in [-0.25, -0.2) is 4.79 Å². The number of rotatable bonds is 2. The van der Waals surface area contributed by atoms with Crippen LogP contribution in [-0.4, -0.2) is 27.2 Å². The number of carbonyl (C=O) groups is 1. The predicted molar refractivity (Wildman–Crippen MR) is 90.4 cm³/mol. The van der Waals surface area contributed by atoms with E-state index in [0.717, 1.165) is 11.3 Å². The minimum atomic E-state index is -0.844. The quantitative estimate of drug-likeness (QED) is 0.912. The van der Waals surface area contributed by atoms with E-state index in [1.807, 2.05) is 24.3 Å². The number of hydrogen-bond donors (Lipinski definition) is 1. The minimum Gasteiger partial charge on any atom is -0.465 e. The average Bonchev–Trinajstić information content (AvgIpc) is 2.96. The highest BCUT2D eigenvalue weighted by molar-refractivity contribution is 5.67. The van der Waals surface area contributed by atoms with Crippen LogP contribution in [-0.2, 0) is 18.5 Å². The van der Waals surface area contributed by atoms with Crippen molar-refractivity contribution in [3.05, 3.63) is 59.9 Å². The van der Waals surface area contributed by atoms with E-state index in [1.54, 1.807) is 4.90 Å². The Balaban J connectivity index is 2.21. The molecule has 1 N–H and O–H groups in total. The van der Waals surface area contributed by atoms with Gasteiger partial charge in [0.15, 0.2) is 0 Å². The molecule has 0 saturated carbocycles. The average molecular weight is 312 g/mol. The summed E-state index contributed by atoms with van der Waals surface area (Å²) in [4.78, 5) is 13.7. The Morgan fingerprint density at radius 2 is 1.83 bits per heavy atom. The van der Waals surface area contributed by atoms with Gasteiger partial charge in [-0.15, -0.1) is 0 Å². The molecule has 2 aromatic rings. The molecular weight excluding hydrogens is 288 g/mol. The van der Waals surface area contributed by atoms with Crippen molar-refractivity contribution in [3.63, 3.8) is 0 Å². The molecule has 0 bridgehead atoms. The van der Waals surface area contributed by atoms with Crippen LogP contribution >= 0.6 is 0 Å². The first kappa shape index (κ1) is 15.7. The molecule has 0 radical (unpaired) electrons. The molecule has 1 aliphatic rings. The van der Waals surface area contributed by atoms with E-state index in [9.17, 15) is 9.90 Å². The smallest absolute Gasteiger partial charge is 0.408 e. The number of amides is 1. The molecule has 0 spiro atoms. The summed E-state index contributed by atoms with van der Waals surface area (Å²) >= 11 is 0. The largest absolute Gasteiger partial charge is 0.465 e. The van der Waals surface area contributed by atoms with E-state index in [1.165, 1.54) is 0 Å². The molecule has 0 saturated heterocycles. The molecular formula is C19H24N2O2. The first-order valence-electron chi connectivity index (χ1n) is 8.06. The highest BCUT2D eigenvalue weighted by Gasteiger charge is 2.53. The van der Waals surface area contributed by atoms with Gasteiger partial charge in [0.1, 0.15) is 0 Å². The zero-order chi connectivity index (χ0) is 16.7. The van der Waals surface area contributed by atoms with Gasteiger partial charge in [0.2, 0.25) is 0 Å². The second kappa shape index (κ2) is 5.44. The van der Waals surface area contributed by atoms with E-state index < -0.39 is 11.6 Å². The fraction of sp³-hybridized carbons (Fsp3) is 0.421. The number of benzene rings is 1. The maximum absolute atomic E-state index is 12.1. The number of aromatic nitrogens is 1. The molecule has 3 rings (SSSR count). The zero-order valence-electron chi connectivity index (χ0n) is 14.0. The van der Waals surface area contributed by atoms with Crippen molar-refractivity contribution in [3.8, 4) is 0 Å². The molecule has 4 heteroatoms. The normalized spacial score (nSPS) is 21.1. The lowest BCUT2D eigenvalue weighted by atomic mass is 9.66. The molecule has 1 atom stereocenters. The molecule has 1 aromatic carbocycles. The van der Waals surface area contributed by atoms with E-state index >= 15 is 0 Å². The van der Waals surface area contributed by atoms with Crippen molar-refractivity contribution in [2.45, 2.75) is 39.3 Å². The molecule has 1 unspecified atom stereocenters. The Bertz CT molecular complexity index is 700. The first-order chi connectivity index (χ1) is 10.9. The predicted octanol–water partition coefficient (Wildman–Crippen LogP) is 3.97. The van der Waals surface area contributed by atoms with Crippen LogP contribution in [0, 0.1) is 5.41 Å². The Hall–Kier alpha value is -2.23. The number of carboxylic acid groups (broad SMARTS) is 1. The lowest BCUT2D eigenvalue weighted by molar-refractivity contribution is -0.0236. The van der Waals surface area contributed by atoms with Gasteiger partial charge in [-0.2, -0.15) is 0 Å². The van der Waals surface area contributed by atoms with Gasteiger partial charge < -0.3 is 9.67 Å². The van der Waals surface area contributed by atoms with Gasteiger partial charge >= 0.3 is 6.09 Å². The van der Waals surface area contributed by atoms with Crippen LogP contribution < -0.4 is 0 Å². The monoisotopic (exact) mass is 312 g/mol. The minimum absolute atomic E-state index is 0.238. The van der Waals surface area contributed by atoms with Crippen molar-refractivity contribution >= 4 is 6.09 Å². The highest BCUT2D eigenvalue weighted by Crippen LogP contribution is 2.48. The molecule has 1 aliphatic heterocycles. The lowest BCUT2D eigenvalue weighted by Gasteiger charge is -2.54. The molecule has 1 aromatic heterocycles. The summed E-state index contributed by atoms with van der Waals surface area (Å²) in [5, 5.41) is 9.89. The number of fused-ring (bicyclic) bond motifs is 1. The van der Waals surface area contributed by atoms with Crippen LogP contribution in [0.1, 0.15) is 32.0 Å². The van der Waals surface area contributed by atoms with Gasteiger partial charge in [-0.05, 0) is 23.1 Å². The molecule has 4 nitrogen and oxygen atoms in total. The summed E-state index contributed by atoms with van der Waals surface area (Å²) in [5.41, 5.74) is 1.42. The Morgan fingerprint density at radius 3 is 2.43 bits per heavy atom. The van der Waals surface area contributed by atoms with E-state index in [2.05, 4.69) is 49.7 Å². The summed E-state index contributed by atoms with van der Waals surface area (Å²) in [6.07, 6.45) is 1.89. The van der Waals surface area contributed by atoms with E-state index in [-0.39, 0.29) is 5.41 Å². The fourth-order valence-electron chi connectivity index (χ4n) is 3.91. The van der Waals surface area contributed by atoms with Crippen molar-refractivity contribution in [2.75, 3.05) is 6.54 Å². The van der Waals surface area contributed by atoms with Crippen LogP contribution in [0.2, 0.25) is 0 Å². The Kier molecular flexibility index (Phi) is 3.71. The van der Waals surface area contributed by atoms with Gasteiger partial charge in [0.25, 0.3) is 0 Å². The third-order valence-electron chi connectivity index (χ3n) is 5.05. The standard InChI is InChI=1S/C19H24N2O2/c1-18(2,3)19(14-15-8-5-4-6-9-15)16-10-7-11-20(16)12-13-21(19)17(22)23/h4-11H,12-14H2,1-3H3,(H,22,23). The molecule has 0 fully saturated rings.